The Kier molecular flexibility index (Phi) is 8.35. The number of anilines is 1. The lowest BCUT2D eigenvalue weighted by Crippen LogP contribution is -2.39. The Bertz CT molecular complexity index is 486. The van der Waals surface area contributed by atoms with Crippen LogP contribution >= 0.6 is 12.4 Å². The molecule has 0 aliphatic carbocycles. The van der Waals surface area contributed by atoms with Gasteiger partial charge in [-0.3, -0.25) is 9.59 Å². The van der Waals surface area contributed by atoms with Crippen LogP contribution in [0.5, 0.6) is 0 Å². The van der Waals surface area contributed by atoms with Crippen molar-refractivity contribution < 1.29 is 9.59 Å². The molecule has 0 saturated heterocycles. The Labute approximate surface area is 131 Å². The third kappa shape index (κ3) is 5.97. The summed E-state index contributed by atoms with van der Waals surface area (Å²) >= 11 is 0. The molecule has 0 spiro atoms. The highest BCUT2D eigenvalue weighted by atomic mass is 35.5. The van der Waals surface area contributed by atoms with Gasteiger partial charge < -0.3 is 16.4 Å². The van der Waals surface area contributed by atoms with Gasteiger partial charge in [0.15, 0.2) is 0 Å². The summed E-state index contributed by atoms with van der Waals surface area (Å²) in [6, 6.07) is 6.09. The second-order valence-electron chi connectivity index (χ2n) is 4.84. The Balaban J connectivity index is 0.00000400. The van der Waals surface area contributed by atoms with Crippen molar-refractivity contribution in [1.29, 1.82) is 0 Å². The van der Waals surface area contributed by atoms with Crippen LogP contribution in [-0.2, 0) is 4.79 Å². The van der Waals surface area contributed by atoms with Crippen molar-refractivity contribution >= 4 is 29.9 Å². The van der Waals surface area contributed by atoms with E-state index in [1.807, 2.05) is 13.8 Å². The first-order valence-electron chi connectivity index (χ1n) is 6.51. The van der Waals surface area contributed by atoms with Crippen LogP contribution in [0, 0.1) is 5.92 Å². The van der Waals surface area contributed by atoms with E-state index in [9.17, 15) is 9.59 Å². The van der Waals surface area contributed by atoms with E-state index in [4.69, 9.17) is 5.73 Å². The molecule has 0 fully saturated rings. The highest BCUT2D eigenvalue weighted by molar-refractivity contribution is 5.97. The summed E-state index contributed by atoms with van der Waals surface area (Å²) in [6.07, 6.45) is 1.61. The first kappa shape index (κ1) is 19.1. The molecule has 5 nitrogen and oxygen atoms in total. The lowest BCUT2D eigenvalue weighted by molar-refractivity contribution is -0.118. The van der Waals surface area contributed by atoms with Crippen molar-refractivity contribution in [1.82, 2.24) is 5.32 Å². The van der Waals surface area contributed by atoms with Crippen molar-refractivity contribution in [3.8, 4) is 0 Å². The summed E-state index contributed by atoms with van der Waals surface area (Å²) in [5.74, 6) is -0.343. The molecule has 0 aliphatic heterocycles. The molecular formula is C15H22ClN3O2. The van der Waals surface area contributed by atoms with Crippen molar-refractivity contribution in [2.45, 2.75) is 19.9 Å². The van der Waals surface area contributed by atoms with Crippen LogP contribution in [0.25, 0.3) is 0 Å². The van der Waals surface area contributed by atoms with Crippen LogP contribution in [-0.4, -0.2) is 24.4 Å². The molecule has 116 valence electrons. The minimum Gasteiger partial charge on any atom is -0.349 e. The van der Waals surface area contributed by atoms with Gasteiger partial charge in [-0.15, -0.1) is 19.0 Å². The number of carbonyl (C=O) groups is 2. The highest BCUT2D eigenvalue weighted by Crippen LogP contribution is 2.11. The maximum absolute atomic E-state index is 11.8. The molecule has 0 heterocycles. The van der Waals surface area contributed by atoms with Crippen LogP contribution in [0.2, 0.25) is 0 Å². The molecular weight excluding hydrogens is 290 g/mol. The second kappa shape index (κ2) is 9.15. The predicted molar refractivity (Wildman–Crippen MR) is 87.7 cm³/mol. The summed E-state index contributed by atoms with van der Waals surface area (Å²) in [6.45, 7) is 7.72. The van der Waals surface area contributed by atoms with E-state index in [2.05, 4.69) is 17.2 Å². The number of amides is 2. The average Bonchev–Trinajstić information content (AvgIpc) is 2.44. The van der Waals surface area contributed by atoms with Gasteiger partial charge in [0.2, 0.25) is 5.91 Å². The monoisotopic (exact) mass is 311 g/mol. The van der Waals surface area contributed by atoms with E-state index >= 15 is 0 Å². The number of carbonyl (C=O) groups excluding carboxylic acids is 2. The molecule has 0 radical (unpaired) electrons. The summed E-state index contributed by atoms with van der Waals surface area (Å²) in [5, 5.41) is 5.40. The number of nitrogens with two attached hydrogens (primary N) is 1. The highest BCUT2D eigenvalue weighted by Gasteiger charge is 2.17. The first-order chi connectivity index (χ1) is 9.45. The zero-order valence-corrected chi connectivity index (χ0v) is 13.1. The Morgan fingerprint density at radius 3 is 2.33 bits per heavy atom. The number of rotatable bonds is 6. The lowest BCUT2D eigenvalue weighted by atomic mass is 10.0. The topological polar surface area (TPSA) is 84.2 Å². The van der Waals surface area contributed by atoms with E-state index in [0.29, 0.717) is 17.8 Å². The predicted octanol–water partition coefficient (Wildman–Crippen LogP) is 1.95. The van der Waals surface area contributed by atoms with E-state index < -0.39 is 6.04 Å². The Morgan fingerprint density at radius 1 is 1.29 bits per heavy atom. The number of hydrogen-bond donors (Lipinski definition) is 3. The van der Waals surface area contributed by atoms with Crippen LogP contribution in [0.1, 0.15) is 24.2 Å². The summed E-state index contributed by atoms with van der Waals surface area (Å²) in [4.78, 5) is 23.5. The van der Waals surface area contributed by atoms with Crippen LogP contribution in [0.3, 0.4) is 0 Å². The molecule has 1 rings (SSSR count). The summed E-state index contributed by atoms with van der Waals surface area (Å²) < 4.78 is 0. The molecule has 1 aromatic rings. The van der Waals surface area contributed by atoms with E-state index in [1.165, 1.54) is 0 Å². The van der Waals surface area contributed by atoms with Gasteiger partial charge in [-0.2, -0.15) is 0 Å². The van der Waals surface area contributed by atoms with Crippen LogP contribution in [0.4, 0.5) is 5.69 Å². The zero-order valence-electron chi connectivity index (χ0n) is 12.3. The second-order valence-corrected chi connectivity index (χ2v) is 4.84. The standard InChI is InChI=1S/C15H21N3O2.ClH/c1-4-9-17-14(19)11-5-7-12(8-6-11)18-15(20)13(16)10(2)3;/h4-8,10,13H,1,9,16H2,2-3H3,(H,17,19)(H,18,20);1H/t13-;/m1./s1. The van der Waals surface area contributed by atoms with Gasteiger partial charge in [0.25, 0.3) is 5.91 Å². The average molecular weight is 312 g/mol. The number of benzene rings is 1. The van der Waals surface area contributed by atoms with Gasteiger partial charge in [0.1, 0.15) is 0 Å². The summed E-state index contributed by atoms with van der Waals surface area (Å²) in [7, 11) is 0. The minimum atomic E-state index is -0.550. The molecule has 0 unspecified atom stereocenters. The molecule has 1 aromatic carbocycles. The van der Waals surface area contributed by atoms with Crippen LogP contribution in [0.15, 0.2) is 36.9 Å². The smallest absolute Gasteiger partial charge is 0.251 e. The molecule has 21 heavy (non-hydrogen) atoms. The van der Waals surface area contributed by atoms with Gasteiger partial charge in [-0.1, -0.05) is 19.9 Å². The minimum absolute atomic E-state index is 0. The van der Waals surface area contributed by atoms with Crippen molar-refractivity contribution in [2.24, 2.45) is 11.7 Å². The zero-order chi connectivity index (χ0) is 15.1. The molecule has 0 aliphatic rings. The SMILES string of the molecule is C=CCNC(=O)c1ccc(NC(=O)[C@H](N)C(C)C)cc1.Cl. The molecule has 0 bridgehead atoms. The quantitative estimate of drug-likeness (QED) is 0.702. The summed E-state index contributed by atoms with van der Waals surface area (Å²) in [5.41, 5.74) is 6.90. The lowest BCUT2D eigenvalue weighted by Gasteiger charge is -2.15. The largest absolute Gasteiger partial charge is 0.349 e. The molecule has 1 atom stereocenters. The normalized spacial score (nSPS) is 11.2. The molecule has 6 heteroatoms. The van der Waals surface area contributed by atoms with Gasteiger partial charge in [-0.25, -0.2) is 0 Å². The molecule has 2 amide bonds. The maximum Gasteiger partial charge on any atom is 0.251 e. The van der Waals surface area contributed by atoms with Crippen molar-refractivity contribution in [3.63, 3.8) is 0 Å². The third-order valence-electron chi connectivity index (χ3n) is 2.84. The fraction of sp³-hybridized carbons (Fsp3) is 0.333. The third-order valence-corrected chi connectivity index (χ3v) is 2.84. The van der Waals surface area contributed by atoms with E-state index in [0.717, 1.165) is 0 Å². The van der Waals surface area contributed by atoms with Crippen molar-refractivity contribution in [3.05, 3.63) is 42.5 Å². The van der Waals surface area contributed by atoms with Crippen molar-refractivity contribution in [2.75, 3.05) is 11.9 Å². The van der Waals surface area contributed by atoms with E-state index in [1.54, 1.807) is 30.3 Å². The number of nitrogens with one attached hydrogen (secondary N) is 2. The number of hydrogen-bond acceptors (Lipinski definition) is 3. The van der Waals surface area contributed by atoms with Gasteiger partial charge >= 0.3 is 0 Å². The molecule has 0 saturated carbocycles. The first-order valence-corrected chi connectivity index (χ1v) is 6.51. The number of halogens is 1. The molecule has 4 N–H and O–H groups in total. The van der Waals surface area contributed by atoms with Gasteiger partial charge in [0.05, 0.1) is 6.04 Å². The fourth-order valence-corrected chi connectivity index (χ4v) is 1.50. The van der Waals surface area contributed by atoms with Crippen LogP contribution < -0.4 is 16.4 Å². The van der Waals surface area contributed by atoms with Gasteiger partial charge in [-0.05, 0) is 30.2 Å². The Hall–Kier alpha value is -1.85. The Morgan fingerprint density at radius 2 is 1.86 bits per heavy atom. The van der Waals surface area contributed by atoms with E-state index in [-0.39, 0.29) is 30.1 Å². The maximum atomic E-state index is 11.8. The fourth-order valence-electron chi connectivity index (χ4n) is 1.50. The molecule has 0 aromatic heterocycles. The van der Waals surface area contributed by atoms with Gasteiger partial charge in [0, 0.05) is 17.8 Å².